The van der Waals surface area contributed by atoms with Crippen LogP contribution in [0.1, 0.15) is 28.9 Å². The number of hydrogen-bond donors (Lipinski definition) is 1. The molecule has 2 fully saturated rings. The van der Waals surface area contributed by atoms with Gasteiger partial charge in [0.15, 0.2) is 0 Å². The van der Waals surface area contributed by atoms with E-state index < -0.39 is 23.2 Å². The van der Waals surface area contributed by atoms with Crippen molar-refractivity contribution in [2.45, 2.75) is 24.6 Å². The second-order valence-electron chi connectivity index (χ2n) is 11.2. The zero-order valence-electron chi connectivity index (χ0n) is 25.9. The van der Waals surface area contributed by atoms with Crippen molar-refractivity contribution in [1.82, 2.24) is 20.1 Å². The highest BCUT2D eigenvalue weighted by Crippen LogP contribution is 2.49. The number of ether oxygens (including phenoxy) is 3. The lowest BCUT2D eigenvalue weighted by molar-refractivity contribution is -0.138. The summed E-state index contributed by atoms with van der Waals surface area (Å²) in [5, 5.41) is 12.4. The van der Waals surface area contributed by atoms with Crippen molar-refractivity contribution in [3.05, 3.63) is 77.6 Å². The van der Waals surface area contributed by atoms with E-state index in [1.54, 1.807) is 53.8 Å². The number of carbonyl (C=O) groups excluding carboxylic acids is 1. The van der Waals surface area contributed by atoms with Crippen LogP contribution in [0.3, 0.4) is 0 Å². The number of nitrogens with one attached hydrogen (secondary N) is 1. The molecule has 1 N–H and O–H groups in total. The third kappa shape index (κ3) is 8.54. The van der Waals surface area contributed by atoms with E-state index in [1.807, 2.05) is 0 Å². The summed E-state index contributed by atoms with van der Waals surface area (Å²) in [6, 6.07) is 12.7. The third-order valence-corrected chi connectivity index (χ3v) is 9.05. The number of likely N-dealkylation sites (tertiary alicyclic amines) is 1. The van der Waals surface area contributed by atoms with Gasteiger partial charge in [-0.25, -0.2) is 4.98 Å². The van der Waals surface area contributed by atoms with Gasteiger partial charge in [-0.1, -0.05) is 18.2 Å². The number of hydrogen-bond acceptors (Lipinski definition) is 10. The minimum Gasteiger partial charge on any atom is -0.457 e. The number of para-hydroxylation sites is 1. The van der Waals surface area contributed by atoms with Crippen LogP contribution < -0.4 is 15.0 Å². The maximum absolute atomic E-state index is 15.1. The zero-order chi connectivity index (χ0) is 32.1. The Morgan fingerprint density at radius 3 is 2.52 bits per heavy atom. The molecule has 16 heteroatoms. The van der Waals surface area contributed by atoms with Crippen LogP contribution in [0.15, 0.2) is 66.3 Å². The molecule has 0 aliphatic carbocycles. The highest BCUT2D eigenvalue weighted by atomic mass is 35.5. The first-order valence-corrected chi connectivity index (χ1v) is 15.7. The van der Waals surface area contributed by atoms with E-state index >= 15 is 13.2 Å². The number of benzene rings is 2. The molecular formula is C32H35Cl2F3N6O4S. The zero-order valence-corrected chi connectivity index (χ0v) is 28.4. The predicted molar refractivity (Wildman–Crippen MR) is 182 cm³/mol. The molecule has 0 bridgehead atoms. The van der Waals surface area contributed by atoms with Gasteiger partial charge in [-0.05, 0) is 43.2 Å². The Morgan fingerprint density at radius 2 is 1.83 bits per heavy atom. The van der Waals surface area contributed by atoms with Crippen molar-refractivity contribution in [1.29, 1.82) is 0 Å². The number of piperidine rings is 1. The van der Waals surface area contributed by atoms with Crippen molar-refractivity contribution in [2.75, 3.05) is 63.3 Å². The molecule has 2 aliphatic heterocycles. The molecule has 48 heavy (non-hydrogen) atoms. The first-order valence-electron chi connectivity index (χ1n) is 14.9. The van der Waals surface area contributed by atoms with Crippen molar-refractivity contribution in [3.63, 3.8) is 0 Å². The van der Waals surface area contributed by atoms with Gasteiger partial charge >= 0.3 is 6.18 Å². The molecule has 1 spiro atoms. The van der Waals surface area contributed by atoms with Crippen molar-refractivity contribution in [2.24, 2.45) is 0 Å². The Labute approximate surface area is 292 Å². The van der Waals surface area contributed by atoms with E-state index in [2.05, 4.69) is 25.4 Å². The molecule has 0 radical (unpaired) electrons. The number of rotatable bonds is 9. The summed E-state index contributed by atoms with van der Waals surface area (Å²) in [5.41, 5.74) is -1.01. The second-order valence-corrected chi connectivity index (χ2v) is 12.0. The molecule has 4 aromatic rings. The van der Waals surface area contributed by atoms with E-state index in [0.29, 0.717) is 30.0 Å². The van der Waals surface area contributed by atoms with Crippen LogP contribution in [0.4, 0.5) is 24.5 Å². The summed E-state index contributed by atoms with van der Waals surface area (Å²) in [6.45, 7) is 3.52. The third-order valence-electron chi connectivity index (χ3n) is 8.15. The van der Waals surface area contributed by atoms with E-state index in [4.69, 9.17) is 14.2 Å². The number of morpholine rings is 1. The van der Waals surface area contributed by atoms with Gasteiger partial charge in [0.1, 0.15) is 27.8 Å². The molecule has 1 amide bonds. The standard InChI is InChI=1S/C32H33F3N6O4S.2ClH/c1-43-17-15-40-13-10-31(11-14-40)21-41(16-18-44-31)28-24(38-29(42)25-20-46-30(39-25)22-9-12-36-37-19-22)7-8-26(27(28)32(33,34)35)45-23-5-3-2-4-6-23;;/h2-9,12,19-20H,10-11,13-18,21H2,1H3,(H,38,42);2*1H. The van der Waals surface area contributed by atoms with Crippen molar-refractivity contribution < 1.29 is 32.2 Å². The van der Waals surface area contributed by atoms with Gasteiger partial charge < -0.3 is 29.3 Å². The summed E-state index contributed by atoms with van der Waals surface area (Å²) in [5.74, 6) is -0.731. The first kappa shape index (κ1) is 37.3. The summed E-state index contributed by atoms with van der Waals surface area (Å²) in [7, 11) is 1.66. The van der Waals surface area contributed by atoms with E-state index in [0.717, 1.165) is 19.6 Å². The fraction of sp³-hybridized carbons (Fsp3) is 0.375. The first-order chi connectivity index (χ1) is 22.2. The molecule has 2 aromatic heterocycles. The SMILES string of the molecule is COCCN1CCC2(CC1)CN(c1c(NC(=O)c3csc(-c4ccnnc4)n3)ccc(Oc3ccccc3)c1C(F)(F)F)CCO2.Cl.Cl. The quantitative estimate of drug-likeness (QED) is 0.199. The van der Waals surface area contributed by atoms with Gasteiger partial charge in [-0.15, -0.1) is 36.2 Å². The van der Waals surface area contributed by atoms with Gasteiger partial charge in [0.2, 0.25) is 0 Å². The van der Waals surface area contributed by atoms with Gasteiger partial charge in [0.05, 0.1) is 42.6 Å². The summed E-state index contributed by atoms with van der Waals surface area (Å²) >= 11 is 1.23. The highest BCUT2D eigenvalue weighted by molar-refractivity contribution is 7.13. The number of amides is 1. The lowest BCUT2D eigenvalue weighted by atomic mass is 9.88. The van der Waals surface area contributed by atoms with Crippen molar-refractivity contribution >= 4 is 53.4 Å². The second kappa shape index (κ2) is 16.2. The molecule has 0 atom stereocenters. The minimum atomic E-state index is -4.81. The maximum Gasteiger partial charge on any atom is 0.422 e. The Morgan fingerprint density at radius 1 is 1.06 bits per heavy atom. The minimum absolute atomic E-state index is 0. The molecule has 0 unspecified atom stereocenters. The van der Waals surface area contributed by atoms with Crippen LogP contribution >= 0.6 is 36.2 Å². The average molecular weight is 728 g/mol. The number of halogens is 5. The topological polar surface area (TPSA) is 102 Å². The Kier molecular flexibility index (Phi) is 12.6. The Bertz CT molecular complexity index is 1640. The largest absolute Gasteiger partial charge is 0.457 e. The van der Waals surface area contributed by atoms with Crippen LogP contribution in [-0.2, 0) is 15.7 Å². The van der Waals surface area contributed by atoms with Crippen LogP contribution in [0, 0.1) is 0 Å². The molecule has 258 valence electrons. The summed E-state index contributed by atoms with van der Waals surface area (Å²) < 4.78 is 62.6. The number of methoxy groups -OCH3 is 1. The van der Waals surface area contributed by atoms with E-state index in [-0.39, 0.29) is 73.1 Å². The van der Waals surface area contributed by atoms with E-state index in [1.165, 1.54) is 35.9 Å². The van der Waals surface area contributed by atoms with Crippen LogP contribution in [-0.4, -0.2) is 84.6 Å². The maximum atomic E-state index is 15.1. The number of alkyl halides is 3. The summed E-state index contributed by atoms with van der Waals surface area (Å²) in [6.07, 6.45) is -0.462. The van der Waals surface area contributed by atoms with Crippen LogP contribution in [0.25, 0.3) is 10.6 Å². The fourth-order valence-electron chi connectivity index (χ4n) is 5.83. The lowest BCUT2D eigenvalue weighted by Crippen LogP contribution is -2.57. The molecule has 2 aromatic carbocycles. The lowest BCUT2D eigenvalue weighted by Gasteiger charge is -2.48. The Hall–Kier alpha value is -3.53. The molecule has 0 saturated carbocycles. The molecule has 2 aliphatic rings. The number of thiazole rings is 1. The molecule has 10 nitrogen and oxygen atoms in total. The molecule has 4 heterocycles. The van der Waals surface area contributed by atoms with Gasteiger partial charge in [0.25, 0.3) is 5.91 Å². The number of anilines is 2. The number of aromatic nitrogens is 3. The smallest absolute Gasteiger partial charge is 0.422 e. The van der Waals surface area contributed by atoms with Gasteiger partial charge in [0, 0.05) is 50.8 Å². The summed E-state index contributed by atoms with van der Waals surface area (Å²) in [4.78, 5) is 21.8. The van der Waals surface area contributed by atoms with E-state index in [9.17, 15) is 4.79 Å². The molecular weight excluding hydrogens is 692 g/mol. The number of nitrogens with zero attached hydrogens (tertiary/aromatic N) is 5. The van der Waals surface area contributed by atoms with Gasteiger partial charge in [-0.3, -0.25) is 4.79 Å². The molecule has 6 rings (SSSR count). The molecule has 2 saturated heterocycles. The monoisotopic (exact) mass is 726 g/mol. The van der Waals surface area contributed by atoms with Crippen molar-refractivity contribution in [3.8, 4) is 22.1 Å². The predicted octanol–water partition coefficient (Wildman–Crippen LogP) is 6.82. The highest BCUT2D eigenvalue weighted by Gasteiger charge is 2.45. The van der Waals surface area contributed by atoms with Crippen LogP contribution in [0.5, 0.6) is 11.5 Å². The van der Waals surface area contributed by atoms with Gasteiger partial charge in [-0.2, -0.15) is 23.4 Å². The fourth-order valence-corrected chi connectivity index (χ4v) is 6.62. The van der Waals surface area contributed by atoms with Crippen LogP contribution in [0.2, 0.25) is 0 Å². The number of carbonyl (C=O) groups is 1. The average Bonchev–Trinajstić information content (AvgIpc) is 3.56. The normalized spacial score (nSPS) is 16.1. The Balaban J connectivity index is 0.00000260.